The van der Waals surface area contributed by atoms with E-state index in [2.05, 4.69) is 20.9 Å². The summed E-state index contributed by atoms with van der Waals surface area (Å²) in [5.41, 5.74) is 1.58. The minimum atomic E-state index is -0.337. The molecule has 144 valence electrons. The number of benzene rings is 2. The van der Waals surface area contributed by atoms with Crippen LogP contribution < -0.4 is 0 Å². The summed E-state index contributed by atoms with van der Waals surface area (Å²) >= 11 is 0. The first-order valence-electron chi connectivity index (χ1n) is 8.45. The van der Waals surface area contributed by atoms with Gasteiger partial charge in [0.15, 0.2) is 0 Å². The summed E-state index contributed by atoms with van der Waals surface area (Å²) in [4.78, 5) is 22.1. The van der Waals surface area contributed by atoms with Crippen molar-refractivity contribution in [1.82, 2.24) is 0 Å². The van der Waals surface area contributed by atoms with Crippen LogP contribution in [0.5, 0.6) is 0 Å². The number of carbonyl (C=O) groups excluding carboxylic acids is 2. The normalized spacial score (nSPS) is 9.26. The van der Waals surface area contributed by atoms with Crippen molar-refractivity contribution in [3.8, 4) is 0 Å². The SMILES string of the molecule is COC(=O)CCCC[N-]Cc1ccc(C(=O)OC)cc1.[W+2].[c-]1ccccc1. The average Bonchev–Trinajstić information content (AvgIpc) is 2.72. The smallest absolute Gasteiger partial charge is 0.658 e. The van der Waals surface area contributed by atoms with Crippen LogP contribution in [0.3, 0.4) is 0 Å². The fourth-order valence-corrected chi connectivity index (χ4v) is 2.01. The number of esters is 2. The molecule has 0 atom stereocenters. The summed E-state index contributed by atoms with van der Waals surface area (Å²) < 4.78 is 9.19. The zero-order valence-corrected chi connectivity index (χ0v) is 18.7. The van der Waals surface area contributed by atoms with Gasteiger partial charge in [-0.2, -0.15) is 36.4 Å². The first-order chi connectivity index (χ1) is 12.7. The minimum absolute atomic E-state index is 0. The second-order valence-corrected chi connectivity index (χ2v) is 5.40. The predicted octanol–water partition coefficient (Wildman–Crippen LogP) is 4.17. The molecule has 0 fully saturated rings. The van der Waals surface area contributed by atoms with E-state index in [0.717, 1.165) is 24.9 Å². The Morgan fingerprint density at radius 3 is 2.11 bits per heavy atom. The Kier molecular flexibility index (Phi) is 15.0. The van der Waals surface area contributed by atoms with Gasteiger partial charge in [0.2, 0.25) is 0 Å². The largest absolute Gasteiger partial charge is 2.00 e. The molecule has 0 aliphatic rings. The number of hydrogen-bond acceptors (Lipinski definition) is 4. The van der Waals surface area contributed by atoms with Crippen LogP contribution in [-0.2, 0) is 41.9 Å². The second kappa shape index (κ2) is 16.2. The number of ether oxygens (including phenoxy) is 2. The summed E-state index contributed by atoms with van der Waals surface area (Å²) in [6.07, 6.45) is 2.10. The first-order valence-corrected chi connectivity index (χ1v) is 8.45. The molecule has 0 radical (unpaired) electrons. The van der Waals surface area contributed by atoms with Crippen molar-refractivity contribution in [2.24, 2.45) is 0 Å². The van der Waals surface area contributed by atoms with Crippen molar-refractivity contribution < 1.29 is 40.1 Å². The molecule has 0 aliphatic heterocycles. The van der Waals surface area contributed by atoms with Crippen LogP contribution in [0.2, 0.25) is 0 Å². The predicted molar refractivity (Wildman–Crippen MR) is 101 cm³/mol. The number of carbonyl (C=O) groups is 2. The van der Waals surface area contributed by atoms with E-state index in [1.165, 1.54) is 14.2 Å². The molecule has 0 aliphatic carbocycles. The molecule has 2 rings (SSSR count). The molecule has 0 amide bonds. The zero-order valence-electron chi connectivity index (χ0n) is 15.7. The Bertz CT molecular complexity index is 606. The molecule has 0 spiro atoms. The van der Waals surface area contributed by atoms with Crippen molar-refractivity contribution >= 4 is 11.9 Å². The minimum Gasteiger partial charge on any atom is -0.658 e. The molecule has 0 unspecified atom stereocenters. The molecule has 0 heterocycles. The first kappa shape index (κ1) is 25.0. The van der Waals surface area contributed by atoms with Crippen LogP contribution >= 0.6 is 0 Å². The maximum atomic E-state index is 11.3. The number of rotatable bonds is 8. The van der Waals surface area contributed by atoms with E-state index >= 15 is 0 Å². The molecule has 2 aromatic rings. The van der Waals surface area contributed by atoms with Gasteiger partial charge in [-0.1, -0.05) is 24.1 Å². The summed E-state index contributed by atoms with van der Waals surface area (Å²) in [5.74, 6) is -0.514. The standard InChI is InChI=1S/C15H20NO4.C6H5.W/c1-19-14(17)5-3-4-10-16-11-12-6-8-13(9-7-12)15(18)20-2;1-2-4-6-5-3-1;/h6-9H,3-5,10-11H2,1-2H3;1-5H;/q2*-1;+2. The Labute approximate surface area is 175 Å². The molecular weight excluding hydrogens is 514 g/mol. The van der Waals surface area contributed by atoms with Gasteiger partial charge in [0.25, 0.3) is 0 Å². The number of unbranched alkanes of at least 4 members (excludes halogenated alkanes) is 1. The van der Waals surface area contributed by atoms with Crippen molar-refractivity contribution in [3.63, 3.8) is 0 Å². The summed E-state index contributed by atoms with van der Waals surface area (Å²) in [6, 6.07) is 19.7. The van der Waals surface area contributed by atoms with Gasteiger partial charge < -0.3 is 14.8 Å². The maximum Gasteiger partial charge on any atom is 2.00 e. The van der Waals surface area contributed by atoms with E-state index in [0.29, 0.717) is 18.5 Å². The van der Waals surface area contributed by atoms with Gasteiger partial charge >= 0.3 is 33.0 Å². The van der Waals surface area contributed by atoms with Crippen molar-refractivity contribution in [2.75, 3.05) is 20.8 Å². The molecular formula is C21H25NO4W. The van der Waals surface area contributed by atoms with Crippen LogP contribution in [0.15, 0.2) is 54.6 Å². The fraction of sp³-hybridized carbons (Fsp3) is 0.333. The van der Waals surface area contributed by atoms with Crippen molar-refractivity contribution in [3.05, 3.63) is 77.1 Å². The molecule has 0 saturated carbocycles. The summed E-state index contributed by atoms with van der Waals surface area (Å²) in [6.45, 7) is 1.33. The third-order valence-electron chi connectivity index (χ3n) is 3.45. The number of hydrogen-bond donors (Lipinski definition) is 0. The van der Waals surface area contributed by atoms with Gasteiger partial charge in [-0.05, 0) is 18.6 Å². The summed E-state index contributed by atoms with van der Waals surface area (Å²) in [7, 11) is 2.75. The Hall–Kier alpha value is -1.97. The molecule has 0 bridgehead atoms. The Balaban J connectivity index is 0.000000817. The van der Waals surface area contributed by atoms with E-state index in [-0.39, 0.29) is 33.0 Å². The molecule has 0 saturated heterocycles. The van der Waals surface area contributed by atoms with E-state index < -0.39 is 0 Å². The third-order valence-corrected chi connectivity index (χ3v) is 3.45. The Morgan fingerprint density at radius 2 is 1.63 bits per heavy atom. The fourth-order valence-electron chi connectivity index (χ4n) is 2.01. The third kappa shape index (κ3) is 12.1. The van der Waals surface area contributed by atoms with Gasteiger partial charge in [-0.3, -0.25) is 4.79 Å². The number of methoxy groups -OCH3 is 2. The average molecular weight is 539 g/mol. The van der Waals surface area contributed by atoms with Crippen molar-refractivity contribution in [2.45, 2.75) is 25.8 Å². The second-order valence-electron chi connectivity index (χ2n) is 5.40. The maximum absolute atomic E-state index is 11.3. The monoisotopic (exact) mass is 539 g/mol. The van der Waals surface area contributed by atoms with Crippen LogP contribution in [0, 0.1) is 6.07 Å². The van der Waals surface area contributed by atoms with Crippen LogP contribution in [-0.4, -0.2) is 32.7 Å². The van der Waals surface area contributed by atoms with Crippen LogP contribution in [0.25, 0.3) is 5.32 Å². The van der Waals surface area contributed by atoms with Crippen molar-refractivity contribution in [1.29, 1.82) is 0 Å². The summed E-state index contributed by atoms with van der Waals surface area (Å²) in [5, 5.41) is 4.39. The topological polar surface area (TPSA) is 66.7 Å². The van der Waals surface area contributed by atoms with Gasteiger partial charge in [0, 0.05) is 6.42 Å². The molecule has 0 N–H and O–H groups in total. The van der Waals surface area contributed by atoms with E-state index in [9.17, 15) is 9.59 Å². The zero-order chi connectivity index (χ0) is 19.0. The Morgan fingerprint density at radius 1 is 0.963 bits per heavy atom. The number of nitrogens with zero attached hydrogens (tertiary/aromatic N) is 1. The molecule has 6 heteroatoms. The molecule has 5 nitrogen and oxygen atoms in total. The van der Waals surface area contributed by atoms with E-state index in [4.69, 9.17) is 0 Å². The van der Waals surface area contributed by atoms with E-state index in [1.54, 1.807) is 12.1 Å². The van der Waals surface area contributed by atoms with Crippen LogP contribution in [0.1, 0.15) is 35.2 Å². The van der Waals surface area contributed by atoms with Gasteiger partial charge in [0.05, 0.1) is 19.8 Å². The quantitative estimate of drug-likeness (QED) is 0.287. The molecule has 0 aromatic heterocycles. The van der Waals surface area contributed by atoms with Gasteiger partial charge in [-0.15, -0.1) is 13.1 Å². The molecule has 27 heavy (non-hydrogen) atoms. The van der Waals surface area contributed by atoms with Crippen LogP contribution in [0.4, 0.5) is 0 Å². The van der Waals surface area contributed by atoms with Gasteiger partial charge in [0.1, 0.15) is 0 Å². The molecule has 2 aromatic carbocycles. The van der Waals surface area contributed by atoms with Gasteiger partial charge in [-0.25, -0.2) is 4.79 Å². The van der Waals surface area contributed by atoms with E-state index in [1.807, 2.05) is 42.5 Å².